The molecule has 4 unspecified atom stereocenters. The molecule has 0 saturated carbocycles. The van der Waals surface area contributed by atoms with Crippen LogP contribution in [0, 0.1) is 0 Å². The first kappa shape index (κ1) is 27.2. The number of hydrogen-bond acceptors (Lipinski definition) is 8. The molecule has 1 aromatic carbocycles. The number of carbonyl (C=O) groups is 5. The Bertz CT molecular complexity index is 1090. The Kier molecular flexibility index (Phi) is 9.69. The quantitative estimate of drug-likeness (QED) is 0.137. The lowest BCUT2D eigenvalue weighted by atomic mass is 10.0. The molecule has 4 atom stereocenters. The van der Waals surface area contributed by atoms with E-state index in [0.29, 0.717) is 5.56 Å². The van der Waals surface area contributed by atoms with Crippen LogP contribution in [0.25, 0.3) is 10.9 Å². The molecule has 0 aliphatic carbocycles. The van der Waals surface area contributed by atoms with Gasteiger partial charge in [-0.15, -0.1) is 0 Å². The number of aliphatic hydroxyl groups excluding tert-OH is 2. The van der Waals surface area contributed by atoms with E-state index in [-0.39, 0.29) is 6.42 Å². The molecule has 0 radical (unpaired) electrons. The summed E-state index contributed by atoms with van der Waals surface area (Å²) in [4.78, 5) is 62.3. The van der Waals surface area contributed by atoms with Crippen LogP contribution in [0.2, 0.25) is 0 Å². The number of H-pyrrole nitrogens is 1. The number of aromatic amines is 1. The maximum atomic E-state index is 12.6. The third-order valence-corrected chi connectivity index (χ3v) is 5.08. The monoisotopic (exact) mass is 493 g/mol. The number of para-hydroxylation sites is 1. The van der Waals surface area contributed by atoms with E-state index in [1.54, 1.807) is 30.5 Å². The summed E-state index contributed by atoms with van der Waals surface area (Å²) in [5, 5.41) is 44.4. The number of carboxylic acid groups (broad SMARTS) is 2. The largest absolute Gasteiger partial charge is 0.481 e. The fraction of sp³-hybridized carbons (Fsp3) is 0.381. The van der Waals surface area contributed by atoms with Gasteiger partial charge in [0.25, 0.3) is 0 Å². The van der Waals surface area contributed by atoms with Gasteiger partial charge in [-0.2, -0.15) is 0 Å². The van der Waals surface area contributed by atoms with Crippen molar-refractivity contribution in [1.82, 2.24) is 20.9 Å². The zero-order valence-corrected chi connectivity index (χ0v) is 18.4. The van der Waals surface area contributed by atoms with Crippen molar-refractivity contribution in [2.75, 3.05) is 13.2 Å². The predicted octanol–water partition coefficient (Wildman–Crippen LogP) is -2.96. The standard InChI is InChI=1S/C21H27N5O9/c22-12(6-17(29)30)18(31)25-15(8-27)20(33)26-16(9-28)19(32)24-14(21(34)35)5-10-7-23-13-4-2-1-3-11(10)13/h1-4,7,12,14-16,23,27-28H,5-6,8-9,22H2,(H,24,32)(H,25,31)(H,26,33)(H,29,30)(H,34,35). The van der Waals surface area contributed by atoms with Crippen LogP contribution in [0.4, 0.5) is 0 Å². The summed E-state index contributed by atoms with van der Waals surface area (Å²) < 4.78 is 0. The van der Waals surface area contributed by atoms with Crippen LogP contribution >= 0.6 is 0 Å². The van der Waals surface area contributed by atoms with Crippen molar-refractivity contribution in [3.63, 3.8) is 0 Å². The summed E-state index contributed by atoms with van der Waals surface area (Å²) in [5.41, 5.74) is 6.80. The number of aliphatic carboxylic acids is 2. The van der Waals surface area contributed by atoms with Crippen LogP contribution in [-0.4, -0.2) is 92.5 Å². The molecule has 1 heterocycles. The Morgan fingerprint density at radius 1 is 0.857 bits per heavy atom. The summed E-state index contributed by atoms with van der Waals surface area (Å²) in [5.74, 6) is -5.83. The zero-order valence-electron chi connectivity index (χ0n) is 18.4. The Hall–Kier alpha value is -4.01. The molecule has 0 saturated heterocycles. The molecule has 190 valence electrons. The molecule has 2 aromatic rings. The SMILES string of the molecule is NC(CC(=O)O)C(=O)NC(CO)C(=O)NC(CO)C(=O)NC(Cc1c[nH]c2ccccc12)C(=O)O. The molecular weight excluding hydrogens is 466 g/mol. The van der Waals surface area contributed by atoms with Crippen molar-refractivity contribution >= 4 is 40.6 Å². The third kappa shape index (κ3) is 7.49. The van der Waals surface area contributed by atoms with Gasteiger partial charge in [-0.3, -0.25) is 19.2 Å². The van der Waals surface area contributed by atoms with Gasteiger partial charge in [-0.05, 0) is 11.6 Å². The minimum Gasteiger partial charge on any atom is -0.481 e. The zero-order chi connectivity index (χ0) is 26.1. The van der Waals surface area contributed by atoms with Crippen LogP contribution in [0.5, 0.6) is 0 Å². The van der Waals surface area contributed by atoms with E-state index in [0.717, 1.165) is 10.9 Å². The number of aromatic nitrogens is 1. The first-order chi connectivity index (χ1) is 16.6. The Balaban J connectivity index is 2.03. The highest BCUT2D eigenvalue weighted by molar-refractivity contribution is 5.95. The van der Waals surface area contributed by atoms with E-state index in [2.05, 4.69) is 15.6 Å². The van der Waals surface area contributed by atoms with Crippen molar-refractivity contribution in [3.05, 3.63) is 36.0 Å². The summed E-state index contributed by atoms with van der Waals surface area (Å²) in [6.07, 6.45) is 0.801. The molecule has 0 aliphatic rings. The molecule has 35 heavy (non-hydrogen) atoms. The number of nitrogens with two attached hydrogens (primary N) is 1. The lowest BCUT2D eigenvalue weighted by Gasteiger charge is -2.23. The Morgan fingerprint density at radius 2 is 1.40 bits per heavy atom. The normalized spacial score (nSPS) is 14.4. The van der Waals surface area contributed by atoms with Crippen molar-refractivity contribution in [3.8, 4) is 0 Å². The van der Waals surface area contributed by atoms with Gasteiger partial charge in [0.15, 0.2) is 0 Å². The average Bonchev–Trinajstić information content (AvgIpc) is 3.22. The second kappa shape index (κ2) is 12.5. The molecule has 0 aliphatic heterocycles. The topological polar surface area (TPSA) is 244 Å². The number of hydrogen-bond donors (Lipinski definition) is 9. The smallest absolute Gasteiger partial charge is 0.326 e. The molecular formula is C21H27N5O9. The van der Waals surface area contributed by atoms with Gasteiger partial charge < -0.3 is 47.1 Å². The summed E-state index contributed by atoms with van der Waals surface area (Å²) >= 11 is 0. The molecule has 2 rings (SSSR count). The van der Waals surface area contributed by atoms with E-state index in [1.807, 2.05) is 5.32 Å². The van der Waals surface area contributed by atoms with Gasteiger partial charge >= 0.3 is 11.9 Å². The van der Waals surface area contributed by atoms with Gasteiger partial charge in [0.05, 0.1) is 25.7 Å². The molecule has 10 N–H and O–H groups in total. The molecule has 3 amide bonds. The minimum atomic E-state index is -1.61. The average molecular weight is 493 g/mol. The molecule has 0 fully saturated rings. The molecule has 1 aromatic heterocycles. The number of benzene rings is 1. The van der Waals surface area contributed by atoms with Crippen LogP contribution in [0.1, 0.15) is 12.0 Å². The lowest BCUT2D eigenvalue weighted by Crippen LogP contribution is -2.59. The second-order valence-electron chi connectivity index (χ2n) is 7.65. The molecule has 14 nitrogen and oxygen atoms in total. The van der Waals surface area contributed by atoms with E-state index in [9.17, 15) is 39.3 Å². The highest BCUT2D eigenvalue weighted by Crippen LogP contribution is 2.19. The highest BCUT2D eigenvalue weighted by atomic mass is 16.4. The Labute approximate surface area is 198 Å². The van der Waals surface area contributed by atoms with E-state index in [1.165, 1.54) is 0 Å². The van der Waals surface area contributed by atoms with Gasteiger partial charge in [-0.25, -0.2) is 4.79 Å². The van der Waals surface area contributed by atoms with E-state index in [4.69, 9.17) is 10.8 Å². The van der Waals surface area contributed by atoms with Crippen molar-refractivity contribution in [2.45, 2.75) is 37.0 Å². The third-order valence-electron chi connectivity index (χ3n) is 5.08. The van der Waals surface area contributed by atoms with Crippen LogP contribution in [-0.2, 0) is 30.4 Å². The fourth-order valence-electron chi connectivity index (χ4n) is 3.21. The Morgan fingerprint density at radius 3 is 1.94 bits per heavy atom. The number of nitrogens with one attached hydrogen (secondary N) is 4. The number of rotatable bonds is 13. The highest BCUT2D eigenvalue weighted by Gasteiger charge is 2.30. The van der Waals surface area contributed by atoms with Crippen LogP contribution < -0.4 is 21.7 Å². The van der Waals surface area contributed by atoms with Crippen molar-refractivity contribution in [1.29, 1.82) is 0 Å². The molecule has 14 heteroatoms. The molecule has 0 bridgehead atoms. The predicted molar refractivity (Wildman–Crippen MR) is 120 cm³/mol. The second-order valence-corrected chi connectivity index (χ2v) is 7.65. The van der Waals surface area contributed by atoms with Crippen molar-refractivity contribution < 1.29 is 44.4 Å². The summed E-state index contributed by atoms with van der Waals surface area (Å²) in [6.45, 7) is -1.84. The first-order valence-corrected chi connectivity index (χ1v) is 10.4. The summed E-state index contributed by atoms with van der Waals surface area (Å²) in [7, 11) is 0. The van der Waals surface area contributed by atoms with Gasteiger partial charge in [0, 0.05) is 23.5 Å². The van der Waals surface area contributed by atoms with E-state index >= 15 is 0 Å². The minimum absolute atomic E-state index is 0.0893. The van der Waals surface area contributed by atoms with Gasteiger partial charge in [-0.1, -0.05) is 18.2 Å². The van der Waals surface area contributed by atoms with Gasteiger partial charge in [0.1, 0.15) is 18.1 Å². The maximum absolute atomic E-state index is 12.6. The first-order valence-electron chi connectivity index (χ1n) is 10.4. The lowest BCUT2D eigenvalue weighted by molar-refractivity contribution is -0.142. The van der Waals surface area contributed by atoms with Crippen LogP contribution in [0.15, 0.2) is 30.5 Å². The van der Waals surface area contributed by atoms with Crippen molar-refractivity contribution in [2.24, 2.45) is 5.73 Å². The number of carbonyl (C=O) groups excluding carboxylic acids is 3. The fourth-order valence-corrected chi connectivity index (χ4v) is 3.21. The number of amides is 3. The summed E-state index contributed by atoms with van der Waals surface area (Å²) in [6, 6.07) is 1.06. The maximum Gasteiger partial charge on any atom is 0.326 e. The number of carboxylic acids is 2. The van der Waals surface area contributed by atoms with Gasteiger partial charge in [0.2, 0.25) is 17.7 Å². The van der Waals surface area contributed by atoms with Crippen LogP contribution in [0.3, 0.4) is 0 Å². The molecule has 0 spiro atoms. The number of aliphatic hydroxyl groups is 2. The number of fused-ring (bicyclic) bond motifs is 1. The van der Waals surface area contributed by atoms with E-state index < -0.39 is 73.5 Å².